The van der Waals surface area contributed by atoms with Crippen LogP contribution in [0.15, 0.2) is 30.3 Å². The lowest BCUT2D eigenvalue weighted by Crippen LogP contribution is -2.33. The zero-order valence-corrected chi connectivity index (χ0v) is 14.7. The first-order valence-electron chi connectivity index (χ1n) is 8.65. The monoisotopic (exact) mass is 321 g/mol. The number of amides is 1. The number of benzene rings is 1. The Hall–Kier alpha value is -1.39. The smallest absolute Gasteiger partial charge is 0.229 e. The van der Waals surface area contributed by atoms with Crippen molar-refractivity contribution < 1.29 is 14.3 Å². The minimum atomic E-state index is -0.133. The highest BCUT2D eigenvalue weighted by molar-refractivity contribution is 5.83. The Morgan fingerprint density at radius 1 is 1.04 bits per heavy atom. The van der Waals surface area contributed by atoms with E-state index < -0.39 is 0 Å². The zero-order valence-electron chi connectivity index (χ0n) is 14.7. The largest absolute Gasteiger partial charge is 0.382 e. The fourth-order valence-corrected chi connectivity index (χ4v) is 2.53. The number of nitrogens with one attached hydrogen (secondary N) is 1. The van der Waals surface area contributed by atoms with Crippen LogP contribution in [0.25, 0.3) is 0 Å². The Bertz CT molecular complexity index is 420. The van der Waals surface area contributed by atoms with Crippen molar-refractivity contribution >= 4 is 5.91 Å². The molecule has 23 heavy (non-hydrogen) atoms. The van der Waals surface area contributed by atoms with Crippen LogP contribution in [0, 0.1) is 5.92 Å². The predicted octanol–water partition coefficient (Wildman–Crippen LogP) is 3.72. The SMILES string of the molecule is CCOCCCCCOCNC(=O)C(c1ccccc1)C(C)C. The Morgan fingerprint density at radius 2 is 1.70 bits per heavy atom. The summed E-state index contributed by atoms with van der Waals surface area (Å²) in [7, 11) is 0. The summed E-state index contributed by atoms with van der Waals surface area (Å²) in [6.07, 6.45) is 3.15. The summed E-state index contributed by atoms with van der Waals surface area (Å²) >= 11 is 0. The summed E-state index contributed by atoms with van der Waals surface area (Å²) in [5.74, 6) is 0.143. The molecule has 4 nitrogen and oxygen atoms in total. The number of rotatable bonds is 12. The van der Waals surface area contributed by atoms with E-state index in [9.17, 15) is 4.79 Å². The Morgan fingerprint density at radius 3 is 2.30 bits per heavy atom. The van der Waals surface area contributed by atoms with Gasteiger partial charge < -0.3 is 14.8 Å². The number of carbonyl (C=O) groups excluding carboxylic acids is 1. The topological polar surface area (TPSA) is 47.6 Å². The molecular weight excluding hydrogens is 290 g/mol. The first kappa shape index (κ1) is 19.7. The molecule has 4 heteroatoms. The molecule has 1 atom stereocenters. The van der Waals surface area contributed by atoms with Gasteiger partial charge in [0.15, 0.2) is 0 Å². The zero-order chi connectivity index (χ0) is 16.9. The molecule has 0 fully saturated rings. The normalized spacial score (nSPS) is 12.3. The molecule has 0 aliphatic rings. The van der Waals surface area contributed by atoms with Gasteiger partial charge in [-0.3, -0.25) is 4.79 Å². The van der Waals surface area contributed by atoms with Gasteiger partial charge in [0.1, 0.15) is 6.73 Å². The van der Waals surface area contributed by atoms with E-state index in [0.29, 0.717) is 6.61 Å². The van der Waals surface area contributed by atoms with Crippen LogP contribution in [-0.4, -0.2) is 32.5 Å². The second-order valence-electron chi connectivity index (χ2n) is 5.98. The number of hydrogen-bond acceptors (Lipinski definition) is 3. The van der Waals surface area contributed by atoms with Gasteiger partial charge in [-0.25, -0.2) is 0 Å². The number of carbonyl (C=O) groups is 1. The highest BCUT2D eigenvalue weighted by Crippen LogP contribution is 2.24. The van der Waals surface area contributed by atoms with Gasteiger partial charge in [-0.2, -0.15) is 0 Å². The standard InChI is InChI=1S/C19H31NO3/c1-4-22-13-9-6-10-14-23-15-20-19(21)18(16(2)3)17-11-7-5-8-12-17/h5,7-8,11-12,16,18H,4,6,9-10,13-15H2,1-3H3,(H,20,21). The van der Waals surface area contributed by atoms with Crippen molar-refractivity contribution in [1.82, 2.24) is 5.32 Å². The molecule has 0 saturated carbocycles. The van der Waals surface area contributed by atoms with Crippen molar-refractivity contribution in [3.63, 3.8) is 0 Å². The maximum atomic E-state index is 12.4. The van der Waals surface area contributed by atoms with E-state index in [4.69, 9.17) is 9.47 Å². The third kappa shape index (κ3) is 8.14. The van der Waals surface area contributed by atoms with Crippen LogP contribution in [0.2, 0.25) is 0 Å². The van der Waals surface area contributed by atoms with Gasteiger partial charge in [-0.15, -0.1) is 0 Å². The first-order valence-corrected chi connectivity index (χ1v) is 8.65. The highest BCUT2D eigenvalue weighted by atomic mass is 16.5. The lowest BCUT2D eigenvalue weighted by Gasteiger charge is -2.20. The number of ether oxygens (including phenoxy) is 2. The number of hydrogen-bond donors (Lipinski definition) is 1. The van der Waals surface area contributed by atoms with Crippen LogP contribution in [0.3, 0.4) is 0 Å². The third-order valence-corrected chi connectivity index (χ3v) is 3.74. The van der Waals surface area contributed by atoms with E-state index in [0.717, 1.165) is 38.0 Å². The molecule has 0 saturated heterocycles. The summed E-state index contributed by atoms with van der Waals surface area (Å²) in [5, 5.41) is 2.89. The Labute approximate surface area is 140 Å². The molecular formula is C19H31NO3. The van der Waals surface area contributed by atoms with E-state index in [1.165, 1.54) is 0 Å². The van der Waals surface area contributed by atoms with Crippen LogP contribution in [0.1, 0.15) is 51.5 Å². The molecule has 0 aliphatic heterocycles. The number of unbranched alkanes of at least 4 members (excludes halogenated alkanes) is 2. The second-order valence-corrected chi connectivity index (χ2v) is 5.98. The van der Waals surface area contributed by atoms with Gasteiger partial charge in [0.2, 0.25) is 5.91 Å². The summed E-state index contributed by atoms with van der Waals surface area (Å²) < 4.78 is 10.8. The maximum Gasteiger partial charge on any atom is 0.229 e. The van der Waals surface area contributed by atoms with Gasteiger partial charge in [0.05, 0.1) is 5.92 Å². The fraction of sp³-hybridized carbons (Fsp3) is 0.632. The van der Waals surface area contributed by atoms with Gasteiger partial charge in [0, 0.05) is 19.8 Å². The Balaban J connectivity index is 2.21. The van der Waals surface area contributed by atoms with Crippen molar-refractivity contribution in [2.45, 2.75) is 46.0 Å². The average molecular weight is 321 g/mol. The second kappa shape index (κ2) is 12.1. The molecule has 0 aromatic heterocycles. The van der Waals surface area contributed by atoms with Crippen molar-refractivity contribution in [2.75, 3.05) is 26.6 Å². The van der Waals surface area contributed by atoms with Gasteiger partial charge in [-0.1, -0.05) is 44.2 Å². The molecule has 1 rings (SSSR count). The van der Waals surface area contributed by atoms with E-state index in [1.807, 2.05) is 37.3 Å². The van der Waals surface area contributed by atoms with E-state index in [1.54, 1.807) is 0 Å². The molecule has 1 amide bonds. The molecule has 0 aliphatic carbocycles. The average Bonchev–Trinajstić information content (AvgIpc) is 2.54. The van der Waals surface area contributed by atoms with Crippen molar-refractivity contribution in [1.29, 1.82) is 0 Å². The van der Waals surface area contributed by atoms with Gasteiger partial charge in [-0.05, 0) is 37.7 Å². The Kier molecular flexibility index (Phi) is 10.3. The summed E-state index contributed by atoms with van der Waals surface area (Å²) in [5.41, 5.74) is 1.05. The molecule has 0 spiro atoms. The fourth-order valence-electron chi connectivity index (χ4n) is 2.53. The molecule has 0 radical (unpaired) electrons. The van der Waals surface area contributed by atoms with Crippen LogP contribution >= 0.6 is 0 Å². The molecule has 1 N–H and O–H groups in total. The molecule has 1 unspecified atom stereocenters. The van der Waals surface area contributed by atoms with E-state index in [2.05, 4.69) is 19.2 Å². The van der Waals surface area contributed by atoms with Crippen molar-refractivity contribution in [2.24, 2.45) is 5.92 Å². The molecule has 130 valence electrons. The van der Waals surface area contributed by atoms with E-state index in [-0.39, 0.29) is 24.5 Å². The van der Waals surface area contributed by atoms with Gasteiger partial charge >= 0.3 is 0 Å². The molecule has 0 bridgehead atoms. The minimum absolute atomic E-state index is 0.0301. The summed E-state index contributed by atoms with van der Waals surface area (Å²) in [6, 6.07) is 9.91. The maximum absolute atomic E-state index is 12.4. The van der Waals surface area contributed by atoms with Crippen LogP contribution < -0.4 is 5.32 Å². The lowest BCUT2D eigenvalue weighted by atomic mass is 9.88. The molecule has 1 aromatic rings. The van der Waals surface area contributed by atoms with Crippen LogP contribution in [0.4, 0.5) is 0 Å². The van der Waals surface area contributed by atoms with Crippen molar-refractivity contribution in [3.05, 3.63) is 35.9 Å². The van der Waals surface area contributed by atoms with Gasteiger partial charge in [0.25, 0.3) is 0 Å². The lowest BCUT2D eigenvalue weighted by molar-refractivity contribution is -0.125. The minimum Gasteiger partial charge on any atom is -0.382 e. The highest BCUT2D eigenvalue weighted by Gasteiger charge is 2.23. The molecule has 1 aromatic carbocycles. The summed E-state index contributed by atoms with van der Waals surface area (Å²) in [6.45, 7) is 8.68. The van der Waals surface area contributed by atoms with Crippen LogP contribution in [-0.2, 0) is 14.3 Å². The van der Waals surface area contributed by atoms with Crippen LogP contribution in [0.5, 0.6) is 0 Å². The quantitative estimate of drug-likeness (QED) is 0.471. The molecule has 0 heterocycles. The summed E-state index contributed by atoms with van der Waals surface area (Å²) in [4.78, 5) is 12.4. The van der Waals surface area contributed by atoms with Crippen molar-refractivity contribution in [3.8, 4) is 0 Å². The predicted molar refractivity (Wildman–Crippen MR) is 93.3 cm³/mol. The third-order valence-electron chi connectivity index (χ3n) is 3.74. The first-order chi connectivity index (χ1) is 11.2. The van der Waals surface area contributed by atoms with E-state index >= 15 is 0 Å².